The fourth-order valence-electron chi connectivity index (χ4n) is 2.59. The van der Waals surface area contributed by atoms with Gasteiger partial charge in [-0.25, -0.2) is 0 Å². The minimum Gasteiger partial charge on any atom is -0.327 e. The van der Waals surface area contributed by atoms with Gasteiger partial charge in [-0.3, -0.25) is 0 Å². The predicted molar refractivity (Wildman–Crippen MR) is 50.9 cm³/mol. The Morgan fingerprint density at radius 2 is 2.17 bits per heavy atom. The Morgan fingerprint density at radius 3 is 2.67 bits per heavy atom. The van der Waals surface area contributed by atoms with E-state index in [1.807, 2.05) is 0 Å². The number of rotatable bonds is 1. The molecule has 1 heterocycles. The highest BCUT2D eigenvalue weighted by molar-refractivity contribution is 5.07. The van der Waals surface area contributed by atoms with Gasteiger partial charge in [-0.2, -0.15) is 0 Å². The summed E-state index contributed by atoms with van der Waals surface area (Å²) in [6.45, 7) is 4.91. The van der Waals surface area contributed by atoms with Crippen LogP contribution in [-0.4, -0.2) is 31.1 Å². The molecule has 1 saturated carbocycles. The molecule has 0 aromatic carbocycles. The van der Waals surface area contributed by atoms with Crippen LogP contribution in [0.3, 0.4) is 0 Å². The quantitative estimate of drug-likeness (QED) is 0.634. The van der Waals surface area contributed by atoms with Gasteiger partial charge >= 0.3 is 0 Å². The third-order valence-electron chi connectivity index (χ3n) is 3.90. The van der Waals surface area contributed by atoms with Gasteiger partial charge in [-0.1, -0.05) is 6.92 Å². The van der Waals surface area contributed by atoms with Crippen LogP contribution in [0.2, 0.25) is 0 Å². The molecule has 2 N–H and O–H groups in total. The molecule has 0 radical (unpaired) electrons. The average Bonchev–Trinajstić information content (AvgIpc) is 2.61. The first kappa shape index (κ1) is 8.52. The Kier molecular flexibility index (Phi) is 1.92. The van der Waals surface area contributed by atoms with Crippen molar-refractivity contribution < 1.29 is 0 Å². The SMILES string of the molecule is CN1CCCC([C@@]2(C)C[C@@H]2N)C1. The molecular formula is C10H20N2. The zero-order chi connectivity index (χ0) is 8.77. The van der Waals surface area contributed by atoms with Gasteiger partial charge < -0.3 is 10.6 Å². The summed E-state index contributed by atoms with van der Waals surface area (Å²) in [5, 5.41) is 0. The Hall–Kier alpha value is -0.0800. The Labute approximate surface area is 75.1 Å². The number of nitrogens with two attached hydrogens (primary N) is 1. The van der Waals surface area contributed by atoms with Crippen molar-refractivity contribution >= 4 is 0 Å². The molecule has 2 heteroatoms. The first-order chi connectivity index (χ1) is 5.63. The van der Waals surface area contributed by atoms with E-state index in [4.69, 9.17) is 5.73 Å². The summed E-state index contributed by atoms with van der Waals surface area (Å²) < 4.78 is 0. The summed E-state index contributed by atoms with van der Waals surface area (Å²) in [4.78, 5) is 2.45. The zero-order valence-corrected chi connectivity index (χ0v) is 8.21. The first-order valence-electron chi connectivity index (χ1n) is 5.07. The maximum Gasteiger partial charge on any atom is 0.0102 e. The van der Waals surface area contributed by atoms with Crippen molar-refractivity contribution in [2.24, 2.45) is 17.1 Å². The lowest BCUT2D eigenvalue weighted by Crippen LogP contribution is -2.37. The van der Waals surface area contributed by atoms with E-state index in [1.54, 1.807) is 0 Å². The molecule has 3 atom stereocenters. The first-order valence-corrected chi connectivity index (χ1v) is 5.07. The van der Waals surface area contributed by atoms with Gasteiger partial charge in [0.05, 0.1) is 0 Å². The number of nitrogens with zero attached hydrogens (tertiary/aromatic N) is 1. The largest absolute Gasteiger partial charge is 0.327 e. The van der Waals surface area contributed by atoms with Crippen LogP contribution in [0.15, 0.2) is 0 Å². The normalized spacial score (nSPS) is 49.2. The molecule has 1 unspecified atom stereocenters. The summed E-state index contributed by atoms with van der Waals surface area (Å²) >= 11 is 0. The second-order valence-electron chi connectivity index (χ2n) is 4.92. The van der Waals surface area contributed by atoms with Crippen LogP contribution in [0, 0.1) is 11.3 Å². The highest BCUT2D eigenvalue weighted by atomic mass is 15.1. The van der Waals surface area contributed by atoms with Crippen LogP contribution in [0.25, 0.3) is 0 Å². The van der Waals surface area contributed by atoms with Gasteiger partial charge in [0.25, 0.3) is 0 Å². The molecule has 70 valence electrons. The Balaban J connectivity index is 1.95. The average molecular weight is 168 g/mol. The maximum atomic E-state index is 5.96. The molecule has 0 amide bonds. The summed E-state index contributed by atoms with van der Waals surface area (Å²) in [6.07, 6.45) is 4.02. The molecular weight excluding hydrogens is 148 g/mol. The van der Waals surface area contributed by atoms with Gasteiger partial charge in [0.1, 0.15) is 0 Å². The molecule has 0 spiro atoms. The van der Waals surface area contributed by atoms with E-state index in [0.29, 0.717) is 11.5 Å². The maximum absolute atomic E-state index is 5.96. The van der Waals surface area contributed by atoms with Crippen molar-refractivity contribution in [3.8, 4) is 0 Å². The summed E-state index contributed by atoms with van der Waals surface area (Å²) in [5.41, 5.74) is 6.45. The topological polar surface area (TPSA) is 29.3 Å². The van der Waals surface area contributed by atoms with Crippen LogP contribution < -0.4 is 5.73 Å². The van der Waals surface area contributed by atoms with Gasteiger partial charge in [0.2, 0.25) is 0 Å². The monoisotopic (exact) mass is 168 g/mol. The molecule has 2 fully saturated rings. The lowest BCUT2D eigenvalue weighted by atomic mass is 9.83. The molecule has 0 aromatic rings. The molecule has 1 saturated heterocycles. The van der Waals surface area contributed by atoms with E-state index in [0.717, 1.165) is 5.92 Å². The van der Waals surface area contributed by atoms with Gasteiger partial charge in [-0.05, 0) is 44.2 Å². The highest BCUT2D eigenvalue weighted by Gasteiger charge is 2.53. The highest BCUT2D eigenvalue weighted by Crippen LogP contribution is 2.52. The number of hydrogen-bond acceptors (Lipinski definition) is 2. The fraction of sp³-hybridized carbons (Fsp3) is 1.00. The number of piperidine rings is 1. The molecule has 1 aliphatic heterocycles. The standard InChI is InChI=1S/C10H20N2/c1-10(6-9(10)11)8-4-3-5-12(2)7-8/h8-9H,3-7,11H2,1-2H3/t8?,9-,10+/m0/s1. The third-order valence-corrected chi connectivity index (χ3v) is 3.90. The summed E-state index contributed by atoms with van der Waals surface area (Å²) in [7, 11) is 2.23. The number of likely N-dealkylation sites (tertiary alicyclic amines) is 1. The predicted octanol–water partition coefficient (Wildman–Crippen LogP) is 1.07. The van der Waals surface area contributed by atoms with Crippen LogP contribution in [0.4, 0.5) is 0 Å². The van der Waals surface area contributed by atoms with Crippen LogP contribution >= 0.6 is 0 Å². The smallest absolute Gasteiger partial charge is 0.0102 e. The van der Waals surface area contributed by atoms with Crippen molar-refractivity contribution in [3.63, 3.8) is 0 Å². The summed E-state index contributed by atoms with van der Waals surface area (Å²) in [5.74, 6) is 0.867. The number of hydrogen-bond donors (Lipinski definition) is 1. The van der Waals surface area contributed by atoms with Crippen LogP contribution in [0.5, 0.6) is 0 Å². The Bertz CT molecular complexity index is 181. The van der Waals surface area contributed by atoms with Gasteiger partial charge in [0.15, 0.2) is 0 Å². The van der Waals surface area contributed by atoms with Crippen molar-refractivity contribution in [2.45, 2.75) is 32.2 Å². The molecule has 2 aliphatic rings. The molecule has 2 nitrogen and oxygen atoms in total. The molecule has 12 heavy (non-hydrogen) atoms. The second-order valence-corrected chi connectivity index (χ2v) is 4.92. The zero-order valence-electron chi connectivity index (χ0n) is 8.21. The second kappa shape index (κ2) is 2.71. The molecule has 1 aliphatic carbocycles. The van der Waals surface area contributed by atoms with Crippen LogP contribution in [-0.2, 0) is 0 Å². The minimum atomic E-state index is 0.494. The van der Waals surface area contributed by atoms with Crippen molar-refractivity contribution in [1.29, 1.82) is 0 Å². The van der Waals surface area contributed by atoms with E-state index < -0.39 is 0 Å². The van der Waals surface area contributed by atoms with E-state index >= 15 is 0 Å². The fourth-order valence-corrected chi connectivity index (χ4v) is 2.59. The summed E-state index contributed by atoms with van der Waals surface area (Å²) in [6, 6.07) is 0.494. The van der Waals surface area contributed by atoms with Crippen molar-refractivity contribution in [3.05, 3.63) is 0 Å². The van der Waals surface area contributed by atoms with E-state index in [1.165, 1.54) is 32.4 Å². The van der Waals surface area contributed by atoms with E-state index in [9.17, 15) is 0 Å². The Morgan fingerprint density at radius 1 is 1.50 bits per heavy atom. The minimum absolute atomic E-state index is 0.494. The van der Waals surface area contributed by atoms with E-state index in [2.05, 4.69) is 18.9 Å². The molecule has 2 rings (SSSR count). The molecule has 0 bridgehead atoms. The lowest BCUT2D eigenvalue weighted by molar-refractivity contribution is 0.152. The molecule has 0 aromatic heterocycles. The van der Waals surface area contributed by atoms with Crippen molar-refractivity contribution in [1.82, 2.24) is 4.90 Å². The third kappa shape index (κ3) is 1.27. The van der Waals surface area contributed by atoms with Gasteiger partial charge in [-0.15, -0.1) is 0 Å². The van der Waals surface area contributed by atoms with E-state index in [-0.39, 0.29) is 0 Å². The van der Waals surface area contributed by atoms with Crippen LogP contribution in [0.1, 0.15) is 26.2 Å². The lowest BCUT2D eigenvalue weighted by Gasteiger charge is -2.34. The van der Waals surface area contributed by atoms with Gasteiger partial charge in [0, 0.05) is 12.6 Å². The van der Waals surface area contributed by atoms with Crippen molar-refractivity contribution in [2.75, 3.05) is 20.1 Å².